The van der Waals surface area contributed by atoms with Crippen LogP contribution in [0.4, 0.5) is 0 Å². The molecule has 1 aliphatic heterocycles. The Kier molecular flexibility index (Phi) is 4.19. The highest BCUT2D eigenvalue weighted by Crippen LogP contribution is 2.27. The Morgan fingerprint density at radius 3 is 1.91 bits per heavy atom. The van der Waals surface area contributed by atoms with Crippen LogP contribution in [0.1, 0.15) is 32.7 Å². The topological polar surface area (TPSA) is 37.4 Å². The number of nitrogens with zero attached hydrogens (tertiary/aromatic N) is 1. The standard InChI is InChI=1S/C17H13Cl2NO2/c18-14-8-3-9-15(19)13(14)7-4-10-20-16(21)11-5-1-2-6-12(11)17(20)22/h1-3,5-6,8-9H,4,7,10H2. The normalized spacial score (nSPS) is 13.6. The minimum Gasteiger partial charge on any atom is -0.274 e. The maximum Gasteiger partial charge on any atom is 0.261 e. The second kappa shape index (κ2) is 6.11. The quantitative estimate of drug-likeness (QED) is 0.785. The SMILES string of the molecule is O=C1c2ccccc2C(=O)N1CCCc1c(Cl)cccc1Cl. The van der Waals surface area contributed by atoms with Gasteiger partial charge in [-0.15, -0.1) is 0 Å². The van der Waals surface area contributed by atoms with Crippen LogP contribution in [0.15, 0.2) is 42.5 Å². The molecule has 0 spiro atoms. The highest BCUT2D eigenvalue weighted by atomic mass is 35.5. The van der Waals surface area contributed by atoms with Crippen molar-refractivity contribution in [3.8, 4) is 0 Å². The molecule has 112 valence electrons. The summed E-state index contributed by atoms with van der Waals surface area (Å²) in [4.78, 5) is 25.8. The average Bonchev–Trinajstić information content (AvgIpc) is 2.75. The van der Waals surface area contributed by atoms with E-state index < -0.39 is 0 Å². The van der Waals surface area contributed by atoms with Crippen LogP contribution in [0.2, 0.25) is 10.0 Å². The number of hydrogen-bond donors (Lipinski definition) is 0. The first kappa shape index (κ1) is 15.1. The third-order valence-electron chi connectivity index (χ3n) is 3.75. The number of benzene rings is 2. The van der Waals surface area contributed by atoms with Gasteiger partial charge in [-0.3, -0.25) is 14.5 Å². The van der Waals surface area contributed by atoms with Crippen LogP contribution in [-0.2, 0) is 6.42 Å². The van der Waals surface area contributed by atoms with Crippen LogP contribution < -0.4 is 0 Å². The lowest BCUT2D eigenvalue weighted by Crippen LogP contribution is -2.31. The van der Waals surface area contributed by atoms with Gasteiger partial charge in [0.2, 0.25) is 0 Å². The van der Waals surface area contributed by atoms with Crippen molar-refractivity contribution in [2.24, 2.45) is 0 Å². The molecule has 2 aromatic carbocycles. The summed E-state index contributed by atoms with van der Waals surface area (Å²) >= 11 is 12.2. The Hall–Kier alpha value is -1.84. The molecule has 0 fully saturated rings. The highest BCUT2D eigenvalue weighted by Gasteiger charge is 2.34. The van der Waals surface area contributed by atoms with Gasteiger partial charge in [0.1, 0.15) is 0 Å². The number of rotatable bonds is 4. The van der Waals surface area contributed by atoms with Gasteiger partial charge >= 0.3 is 0 Å². The molecular formula is C17H13Cl2NO2. The van der Waals surface area contributed by atoms with E-state index in [0.717, 1.165) is 5.56 Å². The molecule has 3 nitrogen and oxygen atoms in total. The van der Waals surface area contributed by atoms with E-state index in [2.05, 4.69) is 0 Å². The first-order valence-electron chi connectivity index (χ1n) is 6.97. The Labute approximate surface area is 138 Å². The summed E-state index contributed by atoms with van der Waals surface area (Å²) in [6.45, 7) is 0.355. The van der Waals surface area contributed by atoms with E-state index in [1.165, 1.54) is 4.90 Å². The fourth-order valence-electron chi connectivity index (χ4n) is 2.63. The molecule has 5 heteroatoms. The number of carbonyl (C=O) groups excluding carboxylic acids is 2. The van der Waals surface area contributed by atoms with Gasteiger partial charge in [-0.05, 0) is 42.7 Å². The predicted octanol–water partition coefficient (Wildman–Crippen LogP) is 4.22. The number of fused-ring (bicyclic) bond motifs is 1. The van der Waals surface area contributed by atoms with Gasteiger partial charge in [0, 0.05) is 16.6 Å². The van der Waals surface area contributed by atoms with Crippen LogP contribution in [0.3, 0.4) is 0 Å². The summed E-state index contributed by atoms with van der Waals surface area (Å²) in [6.07, 6.45) is 1.24. The number of hydrogen-bond acceptors (Lipinski definition) is 2. The molecule has 3 rings (SSSR count). The third-order valence-corrected chi connectivity index (χ3v) is 4.46. The summed E-state index contributed by atoms with van der Waals surface area (Å²) in [5.74, 6) is -0.461. The summed E-state index contributed by atoms with van der Waals surface area (Å²) in [7, 11) is 0. The highest BCUT2D eigenvalue weighted by molar-refractivity contribution is 6.36. The predicted molar refractivity (Wildman–Crippen MR) is 86.6 cm³/mol. The molecular weight excluding hydrogens is 321 g/mol. The summed E-state index contributed by atoms with van der Waals surface area (Å²) < 4.78 is 0. The largest absolute Gasteiger partial charge is 0.274 e. The van der Waals surface area contributed by atoms with Crippen LogP contribution in [-0.4, -0.2) is 23.3 Å². The molecule has 0 saturated heterocycles. The van der Waals surface area contributed by atoms with E-state index in [4.69, 9.17) is 23.2 Å². The fourth-order valence-corrected chi connectivity index (χ4v) is 3.21. The average molecular weight is 334 g/mol. The first-order chi connectivity index (χ1) is 10.6. The number of carbonyl (C=O) groups is 2. The lowest BCUT2D eigenvalue weighted by Gasteiger charge is -2.14. The van der Waals surface area contributed by atoms with Gasteiger partial charge in [0.15, 0.2) is 0 Å². The Morgan fingerprint density at radius 2 is 1.36 bits per heavy atom. The van der Waals surface area contributed by atoms with E-state index in [9.17, 15) is 9.59 Å². The Bertz CT molecular complexity index is 703. The molecule has 22 heavy (non-hydrogen) atoms. The molecule has 0 unspecified atom stereocenters. The van der Waals surface area contributed by atoms with E-state index in [1.54, 1.807) is 42.5 Å². The first-order valence-corrected chi connectivity index (χ1v) is 7.73. The smallest absolute Gasteiger partial charge is 0.261 e. The molecule has 0 saturated carbocycles. The van der Waals surface area contributed by atoms with Crippen molar-refractivity contribution in [2.45, 2.75) is 12.8 Å². The molecule has 2 amide bonds. The molecule has 2 aromatic rings. The van der Waals surface area contributed by atoms with Gasteiger partial charge in [0.05, 0.1) is 11.1 Å². The maximum atomic E-state index is 12.2. The molecule has 0 atom stereocenters. The third kappa shape index (κ3) is 2.62. The molecule has 0 bridgehead atoms. The van der Waals surface area contributed by atoms with E-state index in [1.807, 2.05) is 0 Å². The van der Waals surface area contributed by atoms with Crippen molar-refractivity contribution >= 4 is 35.0 Å². The number of imide groups is 1. The number of halogens is 2. The van der Waals surface area contributed by atoms with Crippen LogP contribution >= 0.6 is 23.2 Å². The maximum absolute atomic E-state index is 12.2. The van der Waals surface area contributed by atoms with Crippen LogP contribution in [0, 0.1) is 0 Å². The zero-order valence-electron chi connectivity index (χ0n) is 11.7. The van der Waals surface area contributed by atoms with Crippen molar-refractivity contribution in [1.29, 1.82) is 0 Å². The van der Waals surface area contributed by atoms with Crippen molar-refractivity contribution in [2.75, 3.05) is 6.54 Å². The fraction of sp³-hybridized carbons (Fsp3) is 0.176. The molecule has 1 heterocycles. The summed E-state index contributed by atoms with van der Waals surface area (Å²) in [5, 5.41) is 1.21. The summed E-state index contributed by atoms with van der Waals surface area (Å²) in [6, 6.07) is 12.2. The Balaban J connectivity index is 1.69. The molecule has 1 aliphatic rings. The van der Waals surface area contributed by atoms with E-state index in [0.29, 0.717) is 40.6 Å². The zero-order valence-corrected chi connectivity index (χ0v) is 13.2. The van der Waals surface area contributed by atoms with Crippen LogP contribution in [0.5, 0.6) is 0 Å². The number of amides is 2. The zero-order chi connectivity index (χ0) is 15.7. The molecule has 0 aliphatic carbocycles. The lowest BCUT2D eigenvalue weighted by molar-refractivity contribution is 0.0652. The van der Waals surface area contributed by atoms with Gasteiger partial charge in [0.25, 0.3) is 11.8 Å². The summed E-state index contributed by atoms with van der Waals surface area (Å²) in [5.41, 5.74) is 1.80. The van der Waals surface area contributed by atoms with Gasteiger partial charge in [-0.1, -0.05) is 41.4 Å². The minimum absolute atomic E-state index is 0.231. The second-order valence-electron chi connectivity index (χ2n) is 5.11. The molecule has 0 aromatic heterocycles. The van der Waals surface area contributed by atoms with E-state index >= 15 is 0 Å². The van der Waals surface area contributed by atoms with Crippen molar-refractivity contribution in [3.63, 3.8) is 0 Å². The van der Waals surface area contributed by atoms with Gasteiger partial charge in [-0.25, -0.2) is 0 Å². The monoisotopic (exact) mass is 333 g/mol. The van der Waals surface area contributed by atoms with Crippen molar-refractivity contribution in [3.05, 3.63) is 69.2 Å². The minimum atomic E-state index is -0.231. The van der Waals surface area contributed by atoms with Crippen LogP contribution in [0.25, 0.3) is 0 Å². The van der Waals surface area contributed by atoms with E-state index in [-0.39, 0.29) is 11.8 Å². The Morgan fingerprint density at radius 1 is 0.818 bits per heavy atom. The van der Waals surface area contributed by atoms with Gasteiger partial charge < -0.3 is 0 Å². The lowest BCUT2D eigenvalue weighted by atomic mass is 10.1. The molecule has 0 N–H and O–H groups in total. The van der Waals surface area contributed by atoms with Crippen molar-refractivity contribution < 1.29 is 9.59 Å². The molecule has 0 radical (unpaired) electrons. The second-order valence-corrected chi connectivity index (χ2v) is 5.93. The van der Waals surface area contributed by atoms with Gasteiger partial charge in [-0.2, -0.15) is 0 Å². The van der Waals surface area contributed by atoms with Crippen molar-refractivity contribution in [1.82, 2.24) is 4.90 Å².